The normalized spacial score (nSPS) is 10.4. The number of carbonyl (C=O) groups is 1. The van der Waals surface area contributed by atoms with Crippen LogP contribution < -0.4 is 5.73 Å². The molecule has 0 aliphatic heterocycles. The third-order valence-corrected chi connectivity index (χ3v) is 3.09. The Hall–Kier alpha value is -2.09. The summed E-state index contributed by atoms with van der Waals surface area (Å²) in [6.07, 6.45) is 0. The molecule has 0 atom stereocenters. The number of carbonyl (C=O) groups excluding carboxylic acids is 1. The first-order chi connectivity index (χ1) is 8.49. The lowest BCUT2D eigenvalue weighted by Crippen LogP contribution is -2.07. The van der Waals surface area contributed by atoms with Crippen LogP contribution >= 0.6 is 0 Å². The topological polar surface area (TPSA) is 43.1 Å². The van der Waals surface area contributed by atoms with Crippen LogP contribution in [0.15, 0.2) is 36.4 Å². The van der Waals surface area contributed by atoms with E-state index in [2.05, 4.69) is 0 Å². The fourth-order valence-corrected chi connectivity index (χ4v) is 2.01. The molecule has 0 saturated heterocycles. The number of nitrogens with two attached hydrogens (primary N) is 1. The van der Waals surface area contributed by atoms with Gasteiger partial charge in [0.05, 0.1) is 0 Å². The third kappa shape index (κ3) is 2.28. The Bertz CT molecular complexity index is 614. The summed E-state index contributed by atoms with van der Waals surface area (Å²) in [5.41, 5.74) is 10.9. The van der Waals surface area contributed by atoms with Crippen LogP contribution in [0.25, 0.3) is 0 Å². The number of hydrogen-bond acceptors (Lipinski definition) is 2. The molecule has 0 aliphatic carbocycles. The van der Waals surface area contributed by atoms with Crippen LogP contribution in [0.4, 0.5) is 5.69 Å². The molecule has 2 aromatic rings. The van der Waals surface area contributed by atoms with Crippen molar-refractivity contribution in [2.24, 2.45) is 0 Å². The van der Waals surface area contributed by atoms with Gasteiger partial charge in [0.2, 0.25) is 0 Å². The molecule has 0 unspecified atom stereocenters. The van der Waals surface area contributed by atoms with E-state index in [1.54, 1.807) is 6.07 Å². The Morgan fingerprint density at radius 2 is 1.50 bits per heavy atom. The number of nitrogen functional groups attached to an aromatic ring is 1. The highest BCUT2D eigenvalue weighted by atomic mass is 16.1. The molecule has 18 heavy (non-hydrogen) atoms. The average Bonchev–Trinajstić information content (AvgIpc) is 2.31. The van der Waals surface area contributed by atoms with E-state index in [1.165, 1.54) is 0 Å². The van der Waals surface area contributed by atoms with Gasteiger partial charge in [-0.05, 0) is 50.1 Å². The Labute approximate surface area is 107 Å². The summed E-state index contributed by atoms with van der Waals surface area (Å²) in [6, 6.07) is 11.4. The lowest BCUT2D eigenvalue weighted by molar-refractivity contribution is 0.103. The van der Waals surface area contributed by atoms with Gasteiger partial charge >= 0.3 is 0 Å². The maximum atomic E-state index is 12.5. The molecule has 2 N–H and O–H groups in total. The monoisotopic (exact) mass is 239 g/mol. The largest absolute Gasteiger partial charge is 0.398 e. The van der Waals surface area contributed by atoms with E-state index in [0.29, 0.717) is 11.3 Å². The molecule has 0 spiro atoms. The molecular formula is C16H17NO. The van der Waals surface area contributed by atoms with Gasteiger partial charge in [0, 0.05) is 16.8 Å². The second-order valence-corrected chi connectivity index (χ2v) is 4.74. The first kappa shape index (κ1) is 12.4. The maximum Gasteiger partial charge on any atom is 0.195 e. The fourth-order valence-electron chi connectivity index (χ4n) is 2.01. The minimum absolute atomic E-state index is 0.00583. The van der Waals surface area contributed by atoms with Gasteiger partial charge in [-0.1, -0.05) is 23.8 Å². The summed E-state index contributed by atoms with van der Waals surface area (Å²) < 4.78 is 0. The standard InChI is InChI=1S/C16H17NO/c1-10-4-6-12(3)14(8-10)16(18)13-7-5-11(2)9-15(13)17/h4-9H,17H2,1-3H3. The third-order valence-electron chi connectivity index (χ3n) is 3.09. The number of aryl methyl sites for hydroxylation is 3. The van der Waals surface area contributed by atoms with Gasteiger partial charge in [-0.25, -0.2) is 0 Å². The lowest BCUT2D eigenvalue weighted by atomic mass is 9.96. The Morgan fingerprint density at radius 3 is 2.17 bits per heavy atom. The fraction of sp³-hybridized carbons (Fsp3) is 0.188. The number of benzene rings is 2. The molecule has 2 nitrogen and oxygen atoms in total. The van der Waals surface area contributed by atoms with Crippen molar-refractivity contribution < 1.29 is 4.79 Å². The SMILES string of the molecule is Cc1ccc(C(=O)c2cc(C)ccc2C)c(N)c1. The van der Waals surface area contributed by atoms with E-state index in [-0.39, 0.29) is 5.78 Å². The van der Waals surface area contributed by atoms with Crippen LogP contribution in [0.2, 0.25) is 0 Å². The van der Waals surface area contributed by atoms with Gasteiger partial charge in [0.1, 0.15) is 0 Å². The minimum Gasteiger partial charge on any atom is -0.398 e. The molecule has 0 amide bonds. The Morgan fingerprint density at radius 1 is 0.889 bits per heavy atom. The van der Waals surface area contributed by atoms with Gasteiger partial charge in [-0.15, -0.1) is 0 Å². The Kier molecular flexibility index (Phi) is 3.19. The summed E-state index contributed by atoms with van der Waals surface area (Å²) in [7, 11) is 0. The average molecular weight is 239 g/mol. The van der Waals surface area contributed by atoms with Crippen molar-refractivity contribution in [3.8, 4) is 0 Å². The number of anilines is 1. The molecule has 0 aromatic heterocycles. The highest BCUT2D eigenvalue weighted by Crippen LogP contribution is 2.21. The van der Waals surface area contributed by atoms with Crippen molar-refractivity contribution in [3.05, 3.63) is 64.2 Å². The van der Waals surface area contributed by atoms with Gasteiger partial charge in [0.15, 0.2) is 5.78 Å². The van der Waals surface area contributed by atoms with E-state index in [4.69, 9.17) is 5.73 Å². The van der Waals surface area contributed by atoms with Gasteiger partial charge in [-0.3, -0.25) is 4.79 Å². The van der Waals surface area contributed by atoms with Crippen molar-refractivity contribution in [3.63, 3.8) is 0 Å². The van der Waals surface area contributed by atoms with E-state index < -0.39 is 0 Å². The maximum absolute atomic E-state index is 12.5. The predicted molar refractivity (Wildman–Crippen MR) is 74.9 cm³/mol. The molecule has 0 heterocycles. The molecule has 2 aromatic carbocycles. The quantitative estimate of drug-likeness (QED) is 0.644. The highest BCUT2D eigenvalue weighted by molar-refractivity contribution is 6.13. The molecule has 0 bridgehead atoms. The molecule has 2 heteroatoms. The molecule has 92 valence electrons. The lowest BCUT2D eigenvalue weighted by Gasteiger charge is -2.09. The zero-order valence-corrected chi connectivity index (χ0v) is 10.9. The second kappa shape index (κ2) is 4.65. The summed E-state index contributed by atoms with van der Waals surface area (Å²) in [5.74, 6) is -0.00583. The number of hydrogen-bond donors (Lipinski definition) is 1. The summed E-state index contributed by atoms with van der Waals surface area (Å²) in [5, 5.41) is 0. The molecule has 0 radical (unpaired) electrons. The van der Waals surface area contributed by atoms with Gasteiger partial charge in [-0.2, -0.15) is 0 Å². The zero-order valence-electron chi connectivity index (χ0n) is 10.9. The summed E-state index contributed by atoms with van der Waals surface area (Å²) in [6.45, 7) is 5.88. The van der Waals surface area contributed by atoms with Gasteiger partial charge in [0.25, 0.3) is 0 Å². The first-order valence-corrected chi connectivity index (χ1v) is 5.97. The van der Waals surface area contributed by atoms with Crippen molar-refractivity contribution in [2.45, 2.75) is 20.8 Å². The highest BCUT2D eigenvalue weighted by Gasteiger charge is 2.14. The summed E-state index contributed by atoms with van der Waals surface area (Å²) in [4.78, 5) is 12.5. The van der Waals surface area contributed by atoms with Crippen LogP contribution in [-0.2, 0) is 0 Å². The second-order valence-electron chi connectivity index (χ2n) is 4.74. The van der Waals surface area contributed by atoms with E-state index in [1.807, 2.05) is 51.1 Å². The van der Waals surface area contributed by atoms with Crippen LogP contribution in [0.1, 0.15) is 32.6 Å². The zero-order chi connectivity index (χ0) is 13.3. The van der Waals surface area contributed by atoms with Crippen molar-refractivity contribution in [2.75, 3.05) is 5.73 Å². The minimum atomic E-state index is -0.00583. The molecule has 0 saturated carbocycles. The van der Waals surface area contributed by atoms with Crippen molar-refractivity contribution in [1.82, 2.24) is 0 Å². The predicted octanol–water partition coefficient (Wildman–Crippen LogP) is 3.43. The van der Waals surface area contributed by atoms with Gasteiger partial charge < -0.3 is 5.73 Å². The van der Waals surface area contributed by atoms with Crippen LogP contribution in [0.5, 0.6) is 0 Å². The van der Waals surface area contributed by atoms with Crippen LogP contribution in [-0.4, -0.2) is 5.78 Å². The van der Waals surface area contributed by atoms with E-state index in [9.17, 15) is 4.79 Å². The van der Waals surface area contributed by atoms with E-state index >= 15 is 0 Å². The van der Waals surface area contributed by atoms with Crippen molar-refractivity contribution >= 4 is 11.5 Å². The Balaban J connectivity index is 2.51. The first-order valence-electron chi connectivity index (χ1n) is 5.97. The van der Waals surface area contributed by atoms with Crippen LogP contribution in [0.3, 0.4) is 0 Å². The van der Waals surface area contributed by atoms with Crippen LogP contribution in [0, 0.1) is 20.8 Å². The van der Waals surface area contributed by atoms with Crippen molar-refractivity contribution in [1.29, 1.82) is 0 Å². The molecule has 2 rings (SSSR count). The number of rotatable bonds is 2. The van der Waals surface area contributed by atoms with E-state index in [0.717, 1.165) is 22.3 Å². The molecule has 0 aliphatic rings. The molecular weight excluding hydrogens is 222 g/mol. The smallest absolute Gasteiger partial charge is 0.195 e. The summed E-state index contributed by atoms with van der Waals surface area (Å²) >= 11 is 0. The number of ketones is 1. The molecule has 0 fully saturated rings.